The fraction of sp³-hybridized carbons (Fsp3) is 0.500. The van der Waals surface area contributed by atoms with Gasteiger partial charge in [0.1, 0.15) is 6.04 Å². The second-order valence-corrected chi connectivity index (χ2v) is 6.23. The maximum Gasteiger partial charge on any atom is 0.290 e. The molecule has 0 unspecified atom stereocenters. The molecular weight excluding hydrogens is 320 g/mol. The summed E-state index contributed by atoms with van der Waals surface area (Å²) in [4.78, 5) is 26.9. The molecule has 0 spiro atoms. The summed E-state index contributed by atoms with van der Waals surface area (Å²) in [6, 6.07) is 2.75. The predicted molar refractivity (Wildman–Crippen MR) is 91.8 cm³/mol. The van der Waals surface area contributed by atoms with Crippen LogP contribution < -0.4 is 5.32 Å². The van der Waals surface area contributed by atoms with Crippen LogP contribution in [0.15, 0.2) is 35.2 Å². The Kier molecular flexibility index (Phi) is 5.21. The maximum absolute atomic E-state index is 12.8. The second kappa shape index (κ2) is 7.55. The lowest BCUT2D eigenvalue weighted by Crippen LogP contribution is -2.46. The van der Waals surface area contributed by atoms with Crippen LogP contribution in [0.4, 0.5) is 0 Å². The highest BCUT2D eigenvalue weighted by Gasteiger charge is 2.36. The van der Waals surface area contributed by atoms with E-state index in [1.165, 1.54) is 6.26 Å². The van der Waals surface area contributed by atoms with Crippen molar-refractivity contribution in [3.05, 3.63) is 42.1 Å². The number of amides is 2. The lowest BCUT2D eigenvalue weighted by Gasteiger charge is -2.25. The molecule has 3 rings (SSSR count). The Bertz CT molecular complexity index is 723. The van der Waals surface area contributed by atoms with Crippen molar-refractivity contribution < 1.29 is 14.0 Å². The van der Waals surface area contributed by atoms with Crippen LogP contribution in [-0.4, -0.2) is 39.1 Å². The summed E-state index contributed by atoms with van der Waals surface area (Å²) in [6.45, 7) is 5.40. The highest BCUT2D eigenvalue weighted by atomic mass is 16.3. The predicted octanol–water partition coefficient (Wildman–Crippen LogP) is 2.37. The number of carbonyl (C=O) groups excluding carboxylic acids is 2. The third kappa shape index (κ3) is 3.60. The molecule has 0 aliphatic carbocycles. The SMILES string of the molecule is CC[C@H](NC(=O)[C@@H]1CCCN1C(=O)c1ccco1)c1cnn(CC)c1. The minimum absolute atomic E-state index is 0.103. The second-order valence-electron chi connectivity index (χ2n) is 6.23. The molecule has 134 valence electrons. The van der Waals surface area contributed by atoms with Gasteiger partial charge in [-0.2, -0.15) is 5.10 Å². The zero-order chi connectivity index (χ0) is 17.8. The van der Waals surface area contributed by atoms with E-state index in [0.29, 0.717) is 13.0 Å². The smallest absolute Gasteiger partial charge is 0.290 e. The van der Waals surface area contributed by atoms with Gasteiger partial charge in [0.05, 0.1) is 18.5 Å². The number of aryl methyl sites for hydroxylation is 1. The van der Waals surface area contributed by atoms with Crippen LogP contribution in [0.1, 0.15) is 55.3 Å². The first-order chi connectivity index (χ1) is 12.1. The molecule has 0 aromatic carbocycles. The van der Waals surface area contributed by atoms with Crippen LogP contribution in [-0.2, 0) is 11.3 Å². The van der Waals surface area contributed by atoms with Gasteiger partial charge in [0.25, 0.3) is 5.91 Å². The average molecular weight is 344 g/mol. The number of carbonyl (C=O) groups is 2. The van der Waals surface area contributed by atoms with Gasteiger partial charge in [-0.15, -0.1) is 0 Å². The third-order valence-electron chi connectivity index (χ3n) is 4.65. The Hall–Kier alpha value is -2.57. The molecule has 2 aromatic rings. The zero-order valence-corrected chi connectivity index (χ0v) is 14.6. The molecule has 25 heavy (non-hydrogen) atoms. The summed E-state index contributed by atoms with van der Waals surface area (Å²) < 4.78 is 7.03. The number of likely N-dealkylation sites (tertiary alicyclic amines) is 1. The molecular formula is C18H24N4O3. The summed E-state index contributed by atoms with van der Waals surface area (Å²) >= 11 is 0. The van der Waals surface area contributed by atoms with Gasteiger partial charge in [0.2, 0.25) is 5.91 Å². The molecule has 3 heterocycles. The van der Waals surface area contributed by atoms with E-state index in [4.69, 9.17) is 4.42 Å². The molecule has 2 aromatic heterocycles. The lowest BCUT2D eigenvalue weighted by molar-refractivity contribution is -0.125. The first kappa shape index (κ1) is 17.3. The number of nitrogens with zero attached hydrogens (tertiary/aromatic N) is 3. The number of hydrogen-bond donors (Lipinski definition) is 1. The van der Waals surface area contributed by atoms with Crippen LogP contribution in [0.2, 0.25) is 0 Å². The van der Waals surface area contributed by atoms with Gasteiger partial charge < -0.3 is 14.6 Å². The summed E-state index contributed by atoms with van der Waals surface area (Å²) in [5, 5.41) is 7.35. The molecule has 2 atom stereocenters. The maximum atomic E-state index is 12.8. The minimum Gasteiger partial charge on any atom is -0.459 e. The number of aromatic nitrogens is 2. The van der Waals surface area contributed by atoms with Crippen molar-refractivity contribution in [2.45, 2.75) is 51.7 Å². The molecule has 7 nitrogen and oxygen atoms in total. The van der Waals surface area contributed by atoms with Gasteiger partial charge in [0, 0.05) is 24.8 Å². The van der Waals surface area contributed by atoms with E-state index >= 15 is 0 Å². The van der Waals surface area contributed by atoms with Gasteiger partial charge >= 0.3 is 0 Å². The van der Waals surface area contributed by atoms with Crippen molar-refractivity contribution in [1.82, 2.24) is 20.0 Å². The molecule has 2 amide bonds. The number of furan rings is 1. The van der Waals surface area contributed by atoms with Gasteiger partial charge in [-0.3, -0.25) is 14.3 Å². The summed E-state index contributed by atoms with van der Waals surface area (Å²) in [5.74, 6) is -0.0704. The molecule has 1 fully saturated rings. The molecule has 0 radical (unpaired) electrons. The van der Waals surface area contributed by atoms with Gasteiger partial charge in [0.15, 0.2) is 5.76 Å². The molecule has 1 aliphatic heterocycles. The number of rotatable bonds is 6. The fourth-order valence-electron chi connectivity index (χ4n) is 3.25. The Morgan fingerprint density at radius 1 is 1.44 bits per heavy atom. The first-order valence-corrected chi connectivity index (χ1v) is 8.81. The van der Waals surface area contributed by atoms with Gasteiger partial charge in [-0.1, -0.05) is 6.92 Å². The summed E-state index contributed by atoms with van der Waals surface area (Å²) in [5.41, 5.74) is 0.986. The van der Waals surface area contributed by atoms with E-state index in [0.717, 1.165) is 24.9 Å². The molecule has 1 aliphatic rings. The van der Waals surface area contributed by atoms with Crippen molar-refractivity contribution in [3.63, 3.8) is 0 Å². The third-order valence-corrected chi connectivity index (χ3v) is 4.65. The average Bonchev–Trinajstić information content (AvgIpc) is 3.39. The van der Waals surface area contributed by atoms with Crippen LogP contribution in [0, 0.1) is 0 Å². The standard InChI is InChI=1S/C18H24N4O3/c1-3-14(13-11-19-21(4-2)12-13)20-17(23)15-7-5-9-22(15)18(24)16-8-6-10-25-16/h6,8,10-12,14-15H,3-5,7,9H2,1-2H3,(H,20,23)/t14-,15-/m0/s1. The topological polar surface area (TPSA) is 80.4 Å². The molecule has 0 bridgehead atoms. The first-order valence-electron chi connectivity index (χ1n) is 8.81. The Balaban J connectivity index is 1.69. The molecule has 0 saturated carbocycles. The Morgan fingerprint density at radius 3 is 2.92 bits per heavy atom. The van der Waals surface area contributed by atoms with Crippen LogP contribution in [0.5, 0.6) is 0 Å². The van der Waals surface area contributed by atoms with Crippen molar-refractivity contribution in [2.75, 3.05) is 6.54 Å². The zero-order valence-electron chi connectivity index (χ0n) is 14.6. The summed E-state index contributed by atoms with van der Waals surface area (Å²) in [7, 11) is 0. The summed E-state index contributed by atoms with van der Waals surface area (Å²) in [6.07, 6.45) is 7.46. The van der Waals surface area contributed by atoms with Crippen molar-refractivity contribution >= 4 is 11.8 Å². The largest absolute Gasteiger partial charge is 0.459 e. The lowest BCUT2D eigenvalue weighted by atomic mass is 10.1. The monoisotopic (exact) mass is 344 g/mol. The number of nitrogens with one attached hydrogen (secondary N) is 1. The Labute approximate surface area is 147 Å². The molecule has 1 N–H and O–H groups in total. The van der Waals surface area contributed by atoms with E-state index in [-0.39, 0.29) is 23.6 Å². The van der Waals surface area contributed by atoms with E-state index in [9.17, 15) is 9.59 Å². The van der Waals surface area contributed by atoms with Crippen LogP contribution in [0.25, 0.3) is 0 Å². The van der Waals surface area contributed by atoms with Gasteiger partial charge in [-0.25, -0.2) is 0 Å². The van der Waals surface area contributed by atoms with E-state index < -0.39 is 6.04 Å². The quantitative estimate of drug-likeness (QED) is 0.872. The molecule has 7 heteroatoms. The van der Waals surface area contributed by atoms with Crippen molar-refractivity contribution in [1.29, 1.82) is 0 Å². The van der Waals surface area contributed by atoms with Crippen molar-refractivity contribution in [2.24, 2.45) is 0 Å². The minimum atomic E-state index is -0.451. The number of hydrogen-bond acceptors (Lipinski definition) is 4. The van der Waals surface area contributed by atoms with Crippen molar-refractivity contribution in [3.8, 4) is 0 Å². The Morgan fingerprint density at radius 2 is 2.28 bits per heavy atom. The van der Waals surface area contributed by atoms with Crippen LogP contribution in [0.3, 0.4) is 0 Å². The normalized spacial score (nSPS) is 18.3. The molecule has 1 saturated heterocycles. The van der Waals surface area contributed by atoms with E-state index in [1.54, 1.807) is 23.2 Å². The van der Waals surface area contributed by atoms with Crippen LogP contribution >= 0.6 is 0 Å². The fourth-order valence-corrected chi connectivity index (χ4v) is 3.25. The van der Waals surface area contributed by atoms with E-state index in [1.807, 2.05) is 24.7 Å². The van der Waals surface area contributed by atoms with E-state index in [2.05, 4.69) is 10.4 Å². The van der Waals surface area contributed by atoms with Gasteiger partial charge in [-0.05, 0) is 38.3 Å². The highest BCUT2D eigenvalue weighted by molar-refractivity contribution is 5.96. The highest BCUT2D eigenvalue weighted by Crippen LogP contribution is 2.23.